The summed E-state index contributed by atoms with van der Waals surface area (Å²) in [5, 5.41) is 0. The Bertz CT molecular complexity index is 741. The number of Topliss-reactive ketones (excluding diaryl/α,β-unsaturated/α-hetero) is 1. The van der Waals surface area contributed by atoms with Crippen LogP contribution in [0.1, 0.15) is 87.5 Å². The number of esters is 1. The molecule has 3 aliphatic heterocycles. The Hall–Kier alpha value is -1.02. The summed E-state index contributed by atoms with van der Waals surface area (Å²) in [6.07, 6.45) is 2.23. The number of fused-ring (bicyclic) bond motifs is 1. The number of ether oxygens (including phenoxy) is 5. The number of cyclic esters (lactones) is 1. The Morgan fingerprint density at radius 3 is 2.23 bits per heavy atom. The second kappa shape index (κ2) is 11.6. The predicted octanol–water partition coefficient (Wildman–Crippen LogP) is 5.14. The van der Waals surface area contributed by atoms with E-state index in [1.54, 1.807) is 7.11 Å². The summed E-state index contributed by atoms with van der Waals surface area (Å²) < 4.78 is 30.1. The fourth-order valence-electron chi connectivity index (χ4n) is 6.53. The van der Waals surface area contributed by atoms with E-state index < -0.39 is 18.0 Å². The molecule has 0 spiro atoms. The summed E-state index contributed by atoms with van der Waals surface area (Å²) >= 11 is 0. The van der Waals surface area contributed by atoms with Crippen molar-refractivity contribution in [1.82, 2.24) is 0 Å². The molecule has 3 heterocycles. The molecule has 3 rings (SSSR count). The van der Waals surface area contributed by atoms with Crippen molar-refractivity contribution in [2.75, 3.05) is 7.11 Å². The summed E-state index contributed by atoms with van der Waals surface area (Å²) in [5.74, 6) is -0.576. The van der Waals surface area contributed by atoms with E-state index in [1.807, 2.05) is 27.7 Å². The van der Waals surface area contributed by atoms with Crippen LogP contribution in [0.4, 0.5) is 0 Å². The van der Waals surface area contributed by atoms with Crippen LogP contribution in [0, 0.1) is 35.5 Å². The Balaban J connectivity index is 1.82. The summed E-state index contributed by atoms with van der Waals surface area (Å²) in [5.41, 5.74) is 0. The summed E-state index contributed by atoms with van der Waals surface area (Å²) in [6, 6.07) is 0. The maximum atomic E-state index is 13.4. The lowest BCUT2D eigenvalue weighted by molar-refractivity contribution is -0.245. The number of hydrogen-bond donors (Lipinski definition) is 0. The van der Waals surface area contributed by atoms with Crippen molar-refractivity contribution in [1.29, 1.82) is 0 Å². The predicted molar refractivity (Wildman–Crippen MR) is 132 cm³/mol. The average molecular weight is 497 g/mol. The number of rotatable bonds is 4. The average Bonchev–Trinajstić information content (AvgIpc) is 3.54. The van der Waals surface area contributed by atoms with Crippen molar-refractivity contribution in [3.63, 3.8) is 0 Å². The van der Waals surface area contributed by atoms with Crippen LogP contribution < -0.4 is 0 Å². The highest BCUT2D eigenvalue weighted by Crippen LogP contribution is 2.49. The normalized spacial score (nSPS) is 48.0. The topological polar surface area (TPSA) is 83.6 Å². The molecule has 12 atom stereocenters. The molecule has 0 aromatic rings. The third-order valence-electron chi connectivity index (χ3n) is 8.56. The van der Waals surface area contributed by atoms with Crippen molar-refractivity contribution in [3.8, 4) is 0 Å². The standard InChI is InChI=1S/C28H48O7/c1-10-22-16(3)13-18(5)24(29)17(4)11-15(2)12-19(6)25(20(7)27(30)33-22)34-23-14-28(31-9)26(35-28)21(8)32-23/h15-23,25-26H,10-14H2,1-9H3/t15-,16-,17+,18+,19+,20+,21?,22+,23?,25-,26?,28?/m0/s1. The van der Waals surface area contributed by atoms with E-state index in [2.05, 4.69) is 27.7 Å². The molecule has 0 aromatic heterocycles. The van der Waals surface area contributed by atoms with Gasteiger partial charge in [-0.3, -0.25) is 9.59 Å². The third kappa shape index (κ3) is 6.46. The summed E-state index contributed by atoms with van der Waals surface area (Å²) in [4.78, 5) is 26.4. The molecule has 3 saturated heterocycles. The third-order valence-corrected chi connectivity index (χ3v) is 8.56. The molecule has 0 amide bonds. The monoisotopic (exact) mass is 496 g/mol. The summed E-state index contributed by atoms with van der Waals surface area (Å²) in [6.45, 7) is 16.4. The Morgan fingerprint density at radius 1 is 0.943 bits per heavy atom. The minimum absolute atomic E-state index is 0.00907. The van der Waals surface area contributed by atoms with Gasteiger partial charge in [0, 0.05) is 18.9 Å². The molecular formula is C28H48O7. The number of hydrogen-bond acceptors (Lipinski definition) is 7. The van der Waals surface area contributed by atoms with Crippen molar-refractivity contribution >= 4 is 11.8 Å². The van der Waals surface area contributed by atoms with Gasteiger partial charge in [-0.05, 0) is 57.3 Å². The number of carbonyl (C=O) groups excluding carboxylic acids is 2. The van der Waals surface area contributed by atoms with Crippen molar-refractivity contribution in [2.45, 2.75) is 124 Å². The highest BCUT2D eigenvalue weighted by Gasteiger charge is 2.65. The highest BCUT2D eigenvalue weighted by molar-refractivity contribution is 5.82. The maximum absolute atomic E-state index is 13.4. The van der Waals surface area contributed by atoms with Gasteiger partial charge in [-0.1, -0.05) is 41.5 Å². The zero-order valence-corrected chi connectivity index (χ0v) is 23.2. The summed E-state index contributed by atoms with van der Waals surface area (Å²) in [7, 11) is 1.65. The van der Waals surface area contributed by atoms with Crippen LogP contribution in [0.25, 0.3) is 0 Å². The quantitative estimate of drug-likeness (QED) is 0.394. The van der Waals surface area contributed by atoms with Gasteiger partial charge >= 0.3 is 5.97 Å². The van der Waals surface area contributed by atoms with Gasteiger partial charge in [0.1, 0.15) is 18.0 Å². The van der Waals surface area contributed by atoms with E-state index in [0.29, 0.717) is 24.5 Å². The van der Waals surface area contributed by atoms with Crippen LogP contribution >= 0.6 is 0 Å². The van der Waals surface area contributed by atoms with Crippen molar-refractivity contribution in [3.05, 3.63) is 0 Å². The molecule has 0 aromatic carbocycles. The first-order valence-corrected chi connectivity index (χ1v) is 13.7. The molecule has 3 aliphatic rings. The fourth-order valence-corrected chi connectivity index (χ4v) is 6.53. The van der Waals surface area contributed by atoms with Gasteiger partial charge in [-0.2, -0.15) is 0 Å². The molecular weight excluding hydrogens is 448 g/mol. The minimum Gasteiger partial charge on any atom is -0.462 e. The molecule has 0 saturated carbocycles. The van der Waals surface area contributed by atoms with Crippen molar-refractivity contribution in [2.24, 2.45) is 35.5 Å². The molecule has 3 fully saturated rings. The van der Waals surface area contributed by atoms with E-state index in [1.165, 1.54) is 0 Å². The van der Waals surface area contributed by atoms with Crippen LogP contribution in [0.15, 0.2) is 0 Å². The van der Waals surface area contributed by atoms with Crippen LogP contribution in [0.3, 0.4) is 0 Å². The molecule has 7 nitrogen and oxygen atoms in total. The van der Waals surface area contributed by atoms with Gasteiger partial charge < -0.3 is 23.7 Å². The minimum atomic E-state index is -0.653. The van der Waals surface area contributed by atoms with Crippen LogP contribution in [0.2, 0.25) is 0 Å². The SMILES string of the molecule is CC[C@H]1OC(=O)[C@H](C)[C@@H](OC2CC3(OC)OC3C(C)O2)[C@H](C)C[C@@H](C)C[C@@H](C)C(=O)[C@H](C)C[C@@H]1C. The second-order valence-corrected chi connectivity index (χ2v) is 11.8. The van der Waals surface area contributed by atoms with E-state index in [0.717, 1.165) is 19.3 Å². The molecule has 0 bridgehead atoms. The Labute approximate surface area is 211 Å². The lowest BCUT2D eigenvalue weighted by Gasteiger charge is -2.37. The molecule has 0 N–H and O–H groups in total. The van der Waals surface area contributed by atoms with Crippen molar-refractivity contribution < 1.29 is 33.3 Å². The van der Waals surface area contributed by atoms with Crippen LogP contribution in [-0.2, 0) is 33.3 Å². The lowest BCUT2D eigenvalue weighted by Crippen LogP contribution is -2.46. The fraction of sp³-hybridized carbons (Fsp3) is 0.929. The number of methoxy groups -OCH3 is 1. The van der Waals surface area contributed by atoms with Gasteiger partial charge in [-0.15, -0.1) is 0 Å². The highest BCUT2D eigenvalue weighted by atomic mass is 16.8. The maximum Gasteiger partial charge on any atom is 0.311 e. The first-order chi connectivity index (χ1) is 16.4. The first kappa shape index (κ1) is 28.5. The van der Waals surface area contributed by atoms with Gasteiger partial charge in [0.25, 0.3) is 0 Å². The van der Waals surface area contributed by atoms with Crippen LogP contribution in [-0.4, -0.2) is 55.4 Å². The molecule has 0 aliphatic carbocycles. The molecule has 35 heavy (non-hydrogen) atoms. The van der Waals surface area contributed by atoms with E-state index in [9.17, 15) is 9.59 Å². The van der Waals surface area contributed by atoms with E-state index in [-0.39, 0.29) is 54.1 Å². The zero-order chi connectivity index (χ0) is 26.1. The van der Waals surface area contributed by atoms with E-state index >= 15 is 0 Å². The number of epoxide rings is 1. The zero-order valence-electron chi connectivity index (χ0n) is 23.2. The smallest absolute Gasteiger partial charge is 0.311 e. The van der Waals surface area contributed by atoms with E-state index in [4.69, 9.17) is 23.7 Å². The molecule has 7 heteroatoms. The molecule has 202 valence electrons. The Kier molecular flexibility index (Phi) is 9.44. The first-order valence-electron chi connectivity index (χ1n) is 13.7. The van der Waals surface area contributed by atoms with Gasteiger partial charge in [0.05, 0.1) is 24.5 Å². The number of carbonyl (C=O) groups is 2. The largest absolute Gasteiger partial charge is 0.462 e. The van der Waals surface area contributed by atoms with Gasteiger partial charge in [0.15, 0.2) is 6.29 Å². The number of ketones is 1. The van der Waals surface area contributed by atoms with Crippen LogP contribution in [0.5, 0.6) is 0 Å². The Morgan fingerprint density at radius 2 is 1.60 bits per heavy atom. The molecule has 0 radical (unpaired) electrons. The second-order valence-electron chi connectivity index (χ2n) is 11.8. The lowest BCUT2D eigenvalue weighted by atomic mass is 9.79. The van der Waals surface area contributed by atoms with Gasteiger partial charge in [0.2, 0.25) is 5.79 Å². The molecule has 4 unspecified atom stereocenters. The van der Waals surface area contributed by atoms with Gasteiger partial charge in [-0.25, -0.2) is 0 Å².